The Morgan fingerprint density at radius 1 is 1.58 bits per heavy atom. The Bertz CT molecular complexity index is 312. The highest BCUT2D eigenvalue weighted by Gasteiger charge is 2.06. The molecule has 0 aliphatic carbocycles. The molecule has 0 saturated carbocycles. The predicted molar refractivity (Wildman–Crippen MR) is 55.5 cm³/mol. The van der Waals surface area contributed by atoms with Crippen molar-refractivity contribution in [2.45, 2.75) is 6.92 Å². The molecule has 0 bridgehead atoms. The van der Waals surface area contributed by atoms with Crippen molar-refractivity contribution in [3.05, 3.63) is 32.9 Å². The monoisotopic (exact) mass is 276 g/mol. The molecule has 1 rings (SSSR count). The van der Waals surface area contributed by atoms with Crippen LogP contribution in [0.5, 0.6) is 0 Å². The molecule has 1 aromatic carbocycles. The number of rotatable bonds is 1. The van der Waals surface area contributed by atoms with E-state index >= 15 is 0 Å². The molecule has 0 radical (unpaired) electrons. The van der Waals surface area contributed by atoms with E-state index in [1.54, 1.807) is 6.07 Å². The van der Waals surface area contributed by atoms with Gasteiger partial charge in [0, 0.05) is 3.57 Å². The van der Waals surface area contributed by atoms with Gasteiger partial charge in [0.05, 0.1) is 5.56 Å². The van der Waals surface area contributed by atoms with Crippen LogP contribution in [0.1, 0.15) is 15.9 Å². The van der Waals surface area contributed by atoms with Gasteiger partial charge >= 0.3 is 0 Å². The molecule has 3 N–H and O–H groups in total. The highest BCUT2D eigenvalue weighted by atomic mass is 127. The molecule has 0 heterocycles. The van der Waals surface area contributed by atoms with Crippen molar-refractivity contribution in [2.75, 3.05) is 0 Å². The lowest BCUT2D eigenvalue weighted by atomic mass is 10.1. The zero-order chi connectivity index (χ0) is 9.14. The molecular weight excluding hydrogens is 267 g/mol. The van der Waals surface area contributed by atoms with Gasteiger partial charge in [0.1, 0.15) is 0 Å². The SMILES string of the molecule is Cc1ccc(C(=O)NN)c(I)c1. The maximum atomic E-state index is 11.1. The van der Waals surface area contributed by atoms with Crippen LogP contribution in [-0.4, -0.2) is 5.91 Å². The van der Waals surface area contributed by atoms with Gasteiger partial charge < -0.3 is 0 Å². The van der Waals surface area contributed by atoms with Crippen molar-refractivity contribution in [2.24, 2.45) is 5.84 Å². The molecule has 0 aliphatic rings. The fourth-order valence-electron chi connectivity index (χ4n) is 0.882. The molecule has 12 heavy (non-hydrogen) atoms. The van der Waals surface area contributed by atoms with Crippen LogP contribution in [0, 0.1) is 10.5 Å². The van der Waals surface area contributed by atoms with Crippen LogP contribution < -0.4 is 11.3 Å². The molecule has 64 valence electrons. The van der Waals surface area contributed by atoms with Crippen molar-refractivity contribution < 1.29 is 4.79 Å². The molecule has 1 amide bonds. The molecule has 0 unspecified atom stereocenters. The standard InChI is InChI=1S/C8H9IN2O/c1-5-2-3-6(7(9)4-5)8(12)11-10/h2-4H,10H2,1H3,(H,11,12). The van der Waals surface area contributed by atoms with Crippen LogP contribution in [0.2, 0.25) is 0 Å². The zero-order valence-electron chi connectivity index (χ0n) is 6.60. The number of nitrogens with one attached hydrogen (secondary N) is 1. The van der Waals surface area contributed by atoms with Gasteiger partial charge in [-0.3, -0.25) is 10.2 Å². The normalized spacial score (nSPS) is 9.58. The lowest BCUT2D eigenvalue weighted by Crippen LogP contribution is -2.30. The third kappa shape index (κ3) is 1.95. The number of hydrogen-bond acceptors (Lipinski definition) is 2. The number of carbonyl (C=O) groups is 1. The summed E-state index contributed by atoms with van der Waals surface area (Å²) in [5, 5.41) is 0. The fourth-order valence-corrected chi connectivity index (χ4v) is 1.80. The molecule has 0 saturated heterocycles. The lowest BCUT2D eigenvalue weighted by molar-refractivity contribution is 0.0953. The van der Waals surface area contributed by atoms with E-state index in [-0.39, 0.29) is 5.91 Å². The van der Waals surface area contributed by atoms with E-state index in [1.807, 2.05) is 19.1 Å². The number of hydrazine groups is 1. The first-order valence-corrected chi connectivity index (χ1v) is 4.50. The average molecular weight is 276 g/mol. The first kappa shape index (κ1) is 9.47. The second kappa shape index (κ2) is 3.86. The Kier molecular flexibility index (Phi) is 3.05. The number of aryl methyl sites for hydroxylation is 1. The summed E-state index contributed by atoms with van der Waals surface area (Å²) in [4.78, 5) is 11.1. The largest absolute Gasteiger partial charge is 0.290 e. The highest BCUT2D eigenvalue weighted by molar-refractivity contribution is 14.1. The molecule has 0 aromatic heterocycles. The Balaban J connectivity index is 3.09. The van der Waals surface area contributed by atoms with Gasteiger partial charge in [0.25, 0.3) is 5.91 Å². The van der Waals surface area contributed by atoms with Crippen molar-refractivity contribution >= 4 is 28.5 Å². The van der Waals surface area contributed by atoms with Crippen molar-refractivity contribution in [3.8, 4) is 0 Å². The second-order valence-electron chi connectivity index (χ2n) is 2.46. The second-order valence-corrected chi connectivity index (χ2v) is 3.62. The maximum absolute atomic E-state index is 11.1. The highest BCUT2D eigenvalue weighted by Crippen LogP contribution is 2.13. The quantitative estimate of drug-likeness (QED) is 0.350. The topological polar surface area (TPSA) is 55.1 Å². The molecular formula is C8H9IN2O. The summed E-state index contributed by atoms with van der Waals surface area (Å²) < 4.78 is 0.913. The van der Waals surface area contributed by atoms with E-state index in [2.05, 4.69) is 28.0 Å². The predicted octanol–water partition coefficient (Wildman–Crippen LogP) is 1.20. The molecule has 0 spiro atoms. The molecule has 0 aliphatic heterocycles. The van der Waals surface area contributed by atoms with E-state index in [1.165, 1.54) is 0 Å². The van der Waals surface area contributed by atoms with Gasteiger partial charge in [0.15, 0.2) is 0 Å². The Hall–Kier alpha value is -0.620. The zero-order valence-corrected chi connectivity index (χ0v) is 8.75. The van der Waals surface area contributed by atoms with Gasteiger partial charge in [-0.25, -0.2) is 5.84 Å². The van der Waals surface area contributed by atoms with E-state index in [0.717, 1.165) is 9.13 Å². The Morgan fingerprint density at radius 3 is 2.75 bits per heavy atom. The number of nitrogens with two attached hydrogens (primary N) is 1. The summed E-state index contributed by atoms with van der Waals surface area (Å²) in [6.07, 6.45) is 0. The summed E-state index contributed by atoms with van der Waals surface area (Å²) in [5.41, 5.74) is 3.84. The first-order valence-electron chi connectivity index (χ1n) is 3.42. The van der Waals surface area contributed by atoms with Gasteiger partial charge in [-0.2, -0.15) is 0 Å². The number of nitrogen functional groups attached to an aromatic ring is 1. The summed E-state index contributed by atoms with van der Waals surface area (Å²) in [6, 6.07) is 5.58. The third-order valence-electron chi connectivity index (χ3n) is 1.50. The summed E-state index contributed by atoms with van der Waals surface area (Å²) in [6.45, 7) is 1.98. The number of benzene rings is 1. The van der Waals surface area contributed by atoms with Gasteiger partial charge in [-0.15, -0.1) is 0 Å². The fraction of sp³-hybridized carbons (Fsp3) is 0.125. The molecule has 0 atom stereocenters. The lowest BCUT2D eigenvalue weighted by Gasteiger charge is -2.02. The summed E-state index contributed by atoms with van der Waals surface area (Å²) in [5.74, 6) is 4.76. The molecule has 1 aromatic rings. The van der Waals surface area contributed by atoms with E-state index in [4.69, 9.17) is 5.84 Å². The van der Waals surface area contributed by atoms with Crippen LogP contribution in [0.25, 0.3) is 0 Å². The number of amides is 1. The van der Waals surface area contributed by atoms with Crippen LogP contribution in [0.4, 0.5) is 0 Å². The number of halogens is 1. The average Bonchev–Trinajstić information content (AvgIpc) is 2.03. The molecule has 3 nitrogen and oxygen atoms in total. The molecule has 0 fully saturated rings. The number of hydrogen-bond donors (Lipinski definition) is 2. The summed E-state index contributed by atoms with van der Waals surface area (Å²) >= 11 is 2.11. The first-order chi connectivity index (χ1) is 5.65. The smallest absolute Gasteiger partial charge is 0.266 e. The van der Waals surface area contributed by atoms with Crippen molar-refractivity contribution in [1.29, 1.82) is 0 Å². The van der Waals surface area contributed by atoms with Gasteiger partial charge in [-0.1, -0.05) is 11.6 Å². The van der Waals surface area contributed by atoms with Crippen LogP contribution in [0.15, 0.2) is 18.2 Å². The minimum absolute atomic E-state index is 0.251. The third-order valence-corrected chi connectivity index (χ3v) is 2.39. The summed E-state index contributed by atoms with van der Waals surface area (Å²) in [7, 11) is 0. The number of carbonyl (C=O) groups excluding carboxylic acids is 1. The van der Waals surface area contributed by atoms with Gasteiger partial charge in [0.2, 0.25) is 0 Å². The van der Waals surface area contributed by atoms with Crippen LogP contribution in [-0.2, 0) is 0 Å². The van der Waals surface area contributed by atoms with Crippen LogP contribution in [0.3, 0.4) is 0 Å². The van der Waals surface area contributed by atoms with Gasteiger partial charge in [-0.05, 0) is 41.6 Å². The molecule has 4 heteroatoms. The van der Waals surface area contributed by atoms with Crippen molar-refractivity contribution in [1.82, 2.24) is 5.43 Å². The Morgan fingerprint density at radius 2 is 2.25 bits per heavy atom. The van der Waals surface area contributed by atoms with E-state index < -0.39 is 0 Å². The van der Waals surface area contributed by atoms with Crippen LogP contribution >= 0.6 is 22.6 Å². The minimum atomic E-state index is -0.251. The van der Waals surface area contributed by atoms with E-state index in [0.29, 0.717) is 5.56 Å². The van der Waals surface area contributed by atoms with Crippen molar-refractivity contribution in [3.63, 3.8) is 0 Å². The van der Waals surface area contributed by atoms with E-state index in [9.17, 15) is 4.79 Å². The maximum Gasteiger partial charge on any atom is 0.266 e. The minimum Gasteiger partial charge on any atom is -0.290 e. The Labute approximate surface area is 84.4 Å².